The van der Waals surface area contributed by atoms with Crippen LogP contribution in [0.3, 0.4) is 0 Å². The van der Waals surface area contributed by atoms with Crippen LogP contribution in [-0.4, -0.2) is 23.8 Å². The highest BCUT2D eigenvalue weighted by Crippen LogP contribution is 2.32. The van der Waals surface area contributed by atoms with Crippen LogP contribution in [0.2, 0.25) is 0 Å². The number of allylic oxidation sites excluding steroid dienone is 1. The molecular weight excluding hydrogens is 270 g/mol. The first kappa shape index (κ1) is 13.3. The lowest BCUT2D eigenvalue weighted by atomic mass is 9.84. The van der Waals surface area contributed by atoms with Crippen molar-refractivity contribution in [2.45, 2.75) is 12.8 Å². The van der Waals surface area contributed by atoms with Crippen molar-refractivity contribution in [2.24, 2.45) is 5.92 Å². The number of hydrogen-bond donors (Lipinski definition) is 0. The number of Topliss-reactive ketones (excluding diaryl/α,β-unsaturated/α-hetero) is 1. The number of piperidine rings is 3. The molecule has 3 fully saturated rings. The van der Waals surface area contributed by atoms with E-state index in [4.69, 9.17) is 0 Å². The summed E-state index contributed by atoms with van der Waals surface area (Å²) in [6, 6.07) is 18.8. The van der Waals surface area contributed by atoms with E-state index >= 15 is 0 Å². The number of hydrogen-bond acceptors (Lipinski definition) is 2. The molecule has 3 saturated heterocycles. The largest absolute Gasteiger partial charge is 0.369 e. The van der Waals surface area contributed by atoms with Crippen molar-refractivity contribution in [2.75, 3.05) is 13.1 Å². The van der Waals surface area contributed by atoms with Crippen LogP contribution in [-0.2, 0) is 4.79 Å². The first-order valence-corrected chi connectivity index (χ1v) is 7.97. The van der Waals surface area contributed by atoms with E-state index < -0.39 is 0 Å². The fourth-order valence-electron chi connectivity index (χ4n) is 3.47. The number of ketones is 1. The average molecular weight is 289 g/mol. The summed E-state index contributed by atoms with van der Waals surface area (Å²) in [6.07, 6.45) is 4.12. The molecular formula is C20H19NO. The fraction of sp³-hybridized carbons (Fsp3) is 0.250. The summed E-state index contributed by atoms with van der Waals surface area (Å²) in [4.78, 5) is 14.6. The van der Waals surface area contributed by atoms with Gasteiger partial charge in [0.25, 0.3) is 0 Å². The third-order valence-corrected chi connectivity index (χ3v) is 4.78. The quantitative estimate of drug-likeness (QED) is 0.779. The first-order chi connectivity index (χ1) is 10.8. The van der Waals surface area contributed by atoms with Gasteiger partial charge in [-0.2, -0.15) is 0 Å². The molecule has 2 aromatic rings. The predicted molar refractivity (Wildman–Crippen MR) is 89.2 cm³/mol. The van der Waals surface area contributed by atoms with Crippen LogP contribution in [0, 0.1) is 5.92 Å². The van der Waals surface area contributed by atoms with Gasteiger partial charge in [0.2, 0.25) is 0 Å². The van der Waals surface area contributed by atoms with Gasteiger partial charge in [-0.15, -0.1) is 0 Å². The van der Waals surface area contributed by atoms with Gasteiger partial charge in [-0.3, -0.25) is 4.79 Å². The van der Waals surface area contributed by atoms with Gasteiger partial charge < -0.3 is 4.90 Å². The summed E-state index contributed by atoms with van der Waals surface area (Å²) in [5.74, 6) is 0.601. The Kier molecular flexibility index (Phi) is 3.30. The molecule has 110 valence electrons. The maximum absolute atomic E-state index is 12.4. The van der Waals surface area contributed by atoms with Gasteiger partial charge in [-0.05, 0) is 35.6 Å². The second-order valence-corrected chi connectivity index (χ2v) is 6.14. The molecule has 0 aliphatic carbocycles. The van der Waals surface area contributed by atoms with Crippen LogP contribution in [0.5, 0.6) is 0 Å². The Hall–Kier alpha value is -2.35. The van der Waals surface area contributed by atoms with E-state index in [-0.39, 0.29) is 5.92 Å². The number of benzene rings is 2. The van der Waals surface area contributed by atoms with E-state index in [9.17, 15) is 4.79 Å². The molecule has 2 bridgehead atoms. The lowest BCUT2D eigenvalue weighted by Gasteiger charge is -2.41. The molecule has 22 heavy (non-hydrogen) atoms. The summed E-state index contributed by atoms with van der Waals surface area (Å²) in [7, 11) is 0. The average Bonchev–Trinajstić information content (AvgIpc) is 2.60. The Morgan fingerprint density at radius 3 is 2.14 bits per heavy atom. The van der Waals surface area contributed by atoms with Crippen molar-refractivity contribution < 1.29 is 4.79 Å². The maximum atomic E-state index is 12.4. The standard InChI is InChI=1S/C20H19NO/c22-20-18-10-12-21(13-11-18)19(20)14-15-6-8-17(9-7-15)16-4-2-1-3-5-16/h1-9,14,18H,10-13H2/b19-14+. The Morgan fingerprint density at radius 1 is 0.864 bits per heavy atom. The molecule has 0 N–H and O–H groups in total. The fourth-order valence-corrected chi connectivity index (χ4v) is 3.47. The first-order valence-electron chi connectivity index (χ1n) is 7.97. The lowest BCUT2D eigenvalue weighted by molar-refractivity contribution is -0.125. The summed E-state index contributed by atoms with van der Waals surface area (Å²) >= 11 is 0. The van der Waals surface area contributed by atoms with Crippen molar-refractivity contribution in [1.29, 1.82) is 0 Å². The Balaban J connectivity index is 1.61. The van der Waals surface area contributed by atoms with Crippen LogP contribution in [0.4, 0.5) is 0 Å². The van der Waals surface area contributed by atoms with Crippen LogP contribution in [0.15, 0.2) is 60.3 Å². The summed E-state index contributed by atoms with van der Waals surface area (Å²) in [5, 5.41) is 0. The van der Waals surface area contributed by atoms with Crippen molar-refractivity contribution >= 4 is 11.9 Å². The van der Waals surface area contributed by atoms with Gasteiger partial charge in [0.05, 0.1) is 5.70 Å². The van der Waals surface area contributed by atoms with Gasteiger partial charge >= 0.3 is 0 Å². The molecule has 0 radical (unpaired) electrons. The van der Waals surface area contributed by atoms with Crippen molar-refractivity contribution in [1.82, 2.24) is 4.90 Å². The highest BCUT2D eigenvalue weighted by Gasteiger charge is 2.36. The summed E-state index contributed by atoms with van der Waals surface area (Å²) < 4.78 is 0. The number of carbonyl (C=O) groups excluding carboxylic acids is 1. The van der Waals surface area contributed by atoms with Gasteiger partial charge in [0.15, 0.2) is 5.78 Å². The predicted octanol–water partition coefficient (Wildman–Crippen LogP) is 3.99. The van der Waals surface area contributed by atoms with E-state index in [0.29, 0.717) is 5.78 Å². The smallest absolute Gasteiger partial charge is 0.182 e. The van der Waals surface area contributed by atoms with E-state index in [2.05, 4.69) is 59.5 Å². The summed E-state index contributed by atoms with van der Waals surface area (Å²) in [6.45, 7) is 2.06. The molecule has 0 unspecified atom stereocenters. The molecule has 0 atom stereocenters. The van der Waals surface area contributed by atoms with E-state index in [1.807, 2.05) is 6.07 Å². The van der Waals surface area contributed by atoms with E-state index in [0.717, 1.165) is 37.2 Å². The van der Waals surface area contributed by atoms with Crippen LogP contribution in [0.1, 0.15) is 18.4 Å². The zero-order valence-electron chi connectivity index (χ0n) is 12.5. The van der Waals surface area contributed by atoms with Crippen LogP contribution in [0.25, 0.3) is 17.2 Å². The Morgan fingerprint density at radius 2 is 1.50 bits per heavy atom. The van der Waals surface area contributed by atoms with Gasteiger partial charge in [0, 0.05) is 19.0 Å². The SMILES string of the molecule is O=C1/C(=C\c2ccc(-c3ccccc3)cc2)N2CCC1CC2. The molecule has 3 aliphatic heterocycles. The number of rotatable bonds is 2. The molecule has 0 aromatic heterocycles. The van der Waals surface area contributed by atoms with Gasteiger partial charge in [-0.1, -0.05) is 54.6 Å². The normalized spacial score (nSPS) is 19.9. The molecule has 0 amide bonds. The number of carbonyl (C=O) groups is 1. The van der Waals surface area contributed by atoms with Gasteiger partial charge in [0.1, 0.15) is 0 Å². The topological polar surface area (TPSA) is 20.3 Å². The Labute approximate surface area is 131 Å². The number of fused-ring (bicyclic) bond motifs is 3. The van der Waals surface area contributed by atoms with Gasteiger partial charge in [-0.25, -0.2) is 0 Å². The van der Waals surface area contributed by atoms with Crippen molar-refractivity contribution in [3.8, 4) is 11.1 Å². The van der Waals surface area contributed by atoms with Crippen molar-refractivity contribution in [3.63, 3.8) is 0 Å². The number of nitrogens with zero attached hydrogens (tertiary/aromatic N) is 1. The zero-order chi connectivity index (χ0) is 14.9. The van der Waals surface area contributed by atoms with Crippen molar-refractivity contribution in [3.05, 3.63) is 65.9 Å². The third-order valence-electron chi connectivity index (χ3n) is 4.78. The molecule has 3 heterocycles. The Bertz CT molecular complexity index is 707. The molecule has 0 saturated carbocycles. The van der Waals surface area contributed by atoms with E-state index in [1.165, 1.54) is 11.1 Å². The lowest BCUT2D eigenvalue weighted by Crippen LogP contribution is -2.45. The zero-order valence-corrected chi connectivity index (χ0v) is 12.5. The molecule has 5 rings (SSSR count). The minimum absolute atomic E-state index is 0.264. The molecule has 2 aromatic carbocycles. The maximum Gasteiger partial charge on any atom is 0.182 e. The summed E-state index contributed by atoms with van der Waals surface area (Å²) in [5.41, 5.74) is 4.45. The highest BCUT2D eigenvalue weighted by molar-refractivity contribution is 6.01. The monoisotopic (exact) mass is 289 g/mol. The minimum Gasteiger partial charge on any atom is -0.369 e. The minimum atomic E-state index is 0.264. The molecule has 2 nitrogen and oxygen atoms in total. The second-order valence-electron chi connectivity index (χ2n) is 6.14. The highest BCUT2D eigenvalue weighted by atomic mass is 16.1. The third kappa shape index (κ3) is 2.35. The van der Waals surface area contributed by atoms with Crippen LogP contribution < -0.4 is 0 Å². The molecule has 0 spiro atoms. The second kappa shape index (κ2) is 5.45. The van der Waals surface area contributed by atoms with Crippen LogP contribution >= 0.6 is 0 Å². The van der Waals surface area contributed by atoms with E-state index in [1.54, 1.807) is 0 Å². The molecule has 2 heteroatoms. The molecule has 3 aliphatic rings.